The van der Waals surface area contributed by atoms with Crippen molar-refractivity contribution in [3.8, 4) is 0 Å². The highest BCUT2D eigenvalue weighted by molar-refractivity contribution is 5.89. The van der Waals surface area contributed by atoms with E-state index in [2.05, 4.69) is 6.58 Å². The van der Waals surface area contributed by atoms with Gasteiger partial charge in [0, 0.05) is 5.92 Å². The normalized spacial score (nSPS) is 34.2. The monoisotopic (exact) mass is 290 g/mol. The van der Waals surface area contributed by atoms with Crippen molar-refractivity contribution in [3.63, 3.8) is 0 Å². The van der Waals surface area contributed by atoms with Gasteiger partial charge in [0.2, 0.25) is 0 Å². The first-order valence-electron chi connectivity index (χ1n) is 7.23. The predicted molar refractivity (Wildman–Crippen MR) is 69.0 cm³/mol. The number of ether oxygens (including phenoxy) is 1. The first-order valence-corrected chi connectivity index (χ1v) is 7.23. The lowest BCUT2D eigenvalue weighted by molar-refractivity contribution is -0.177. The Labute approximate surface area is 117 Å². The molecule has 0 spiro atoms. The molecule has 0 aromatic carbocycles. The van der Waals surface area contributed by atoms with Gasteiger partial charge in [-0.15, -0.1) is 0 Å². The molecule has 114 valence electrons. The van der Waals surface area contributed by atoms with Gasteiger partial charge in [0.15, 0.2) is 0 Å². The summed E-state index contributed by atoms with van der Waals surface area (Å²) in [4.78, 5) is 11.7. The van der Waals surface area contributed by atoms with Gasteiger partial charge in [-0.1, -0.05) is 25.8 Å². The van der Waals surface area contributed by atoms with Gasteiger partial charge in [-0.25, -0.2) is 4.79 Å². The highest BCUT2D eigenvalue weighted by atomic mass is 19.4. The van der Waals surface area contributed by atoms with E-state index >= 15 is 0 Å². The summed E-state index contributed by atoms with van der Waals surface area (Å²) in [6, 6.07) is 0. The molecule has 20 heavy (non-hydrogen) atoms. The maximum Gasteiger partial charge on any atom is 0.422 e. The summed E-state index contributed by atoms with van der Waals surface area (Å²) in [5, 5.41) is 0. The van der Waals surface area contributed by atoms with E-state index in [-0.39, 0.29) is 5.92 Å². The Morgan fingerprint density at radius 1 is 1.20 bits per heavy atom. The molecule has 0 radical (unpaired) electrons. The Bertz CT molecular complexity index is 400. The van der Waals surface area contributed by atoms with Gasteiger partial charge < -0.3 is 4.74 Å². The number of hydrogen-bond acceptors (Lipinski definition) is 2. The van der Waals surface area contributed by atoms with Crippen LogP contribution in [0.5, 0.6) is 0 Å². The number of hydrogen-bond donors (Lipinski definition) is 0. The zero-order valence-electron chi connectivity index (χ0n) is 11.8. The van der Waals surface area contributed by atoms with Crippen LogP contribution in [0, 0.1) is 11.8 Å². The van der Waals surface area contributed by atoms with Crippen LogP contribution < -0.4 is 0 Å². The summed E-state index contributed by atoms with van der Waals surface area (Å²) in [7, 11) is 0. The third-order valence-corrected chi connectivity index (χ3v) is 4.86. The van der Waals surface area contributed by atoms with Crippen LogP contribution in [-0.4, -0.2) is 17.7 Å². The number of carbonyl (C=O) groups is 1. The number of fused-ring (bicyclic) bond motifs is 1. The zero-order valence-corrected chi connectivity index (χ0v) is 11.8. The summed E-state index contributed by atoms with van der Waals surface area (Å²) >= 11 is 0. The topological polar surface area (TPSA) is 26.3 Å². The lowest BCUT2D eigenvalue weighted by Gasteiger charge is -2.47. The molecule has 5 heteroatoms. The summed E-state index contributed by atoms with van der Waals surface area (Å²) in [5.41, 5.74) is -2.18. The van der Waals surface area contributed by atoms with Crippen molar-refractivity contribution in [2.24, 2.45) is 11.8 Å². The van der Waals surface area contributed by atoms with Crippen molar-refractivity contribution >= 4 is 5.97 Å². The fourth-order valence-corrected chi connectivity index (χ4v) is 3.77. The van der Waals surface area contributed by atoms with Gasteiger partial charge in [-0.2, -0.15) is 13.2 Å². The summed E-state index contributed by atoms with van der Waals surface area (Å²) in [6.45, 7) is 4.62. The highest BCUT2D eigenvalue weighted by Gasteiger charge is 2.48. The minimum atomic E-state index is -4.71. The van der Waals surface area contributed by atoms with Crippen molar-refractivity contribution < 1.29 is 22.7 Å². The largest absolute Gasteiger partial charge is 0.455 e. The van der Waals surface area contributed by atoms with E-state index in [1.807, 2.05) is 0 Å². The molecule has 2 aliphatic rings. The number of alkyl halides is 3. The molecule has 2 aliphatic carbocycles. The lowest BCUT2D eigenvalue weighted by Crippen LogP contribution is -2.48. The Hall–Kier alpha value is -1.00. The molecule has 2 nitrogen and oxygen atoms in total. The molecule has 0 bridgehead atoms. The molecular formula is C15H21F3O2. The molecule has 2 fully saturated rings. The molecule has 3 atom stereocenters. The van der Waals surface area contributed by atoms with Crippen LogP contribution in [0.2, 0.25) is 0 Å². The Kier molecular flexibility index (Phi) is 4.17. The fourth-order valence-electron chi connectivity index (χ4n) is 3.77. The number of rotatable bonds is 2. The SMILES string of the molecule is C=C(C(=O)OC1(C)CCCC2CCCCC21)C(F)(F)F. The van der Waals surface area contributed by atoms with Crippen molar-refractivity contribution in [2.45, 2.75) is 63.6 Å². The van der Waals surface area contributed by atoms with Crippen LogP contribution in [0.3, 0.4) is 0 Å². The summed E-state index contributed by atoms with van der Waals surface area (Å²) in [5.74, 6) is -0.643. The third kappa shape index (κ3) is 3.01. The summed E-state index contributed by atoms with van der Waals surface area (Å²) in [6.07, 6.45) is 2.19. The van der Waals surface area contributed by atoms with Gasteiger partial charge in [-0.05, 0) is 38.5 Å². The Balaban J connectivity index is 2.09. The van der Waals surface area contributed by atoms with Crippen LogP contribution >= 0.6 is 0 Å². The van der Waals surface area contributed by atoms with E-state index in [1.54, 1.807) is 6.92 Å². The molecule has 0 heterocycles. The molecular weight excluding hydrogens is 269 g/mol. The van der Waals surface area contributed by atoms with E-state index in [4.69, 9.17) is 4.74 Å². The zero-order chi connectivity index (χ0) is 15.0. The van der Waals surface area contributed by atoms with E-state index in [0.29, 0.717) is 12.3 Å². The minimum absolute atomic E-state index is 0.190. The smallest absolute Gasteiger partial charge is 0.422 e. The fraction of sp³-hybridized carbons (Fsp3) is 0.800. The maximum atomic E-state index is 12.5. The molecule has 3 unspecified atom stereocenters. The molecule has 2 rings (SSSR count). The molecule has 0 aromatic rings. The predicted octanol–water partition coefficient (Wildman–Crippen LogP) is 4.40. The van der Waals surface area contributed by atoms with Gasteiger partial charge >= 0.3 is 12.1 Å². The average Bonchev–Trinajstić information content (AvgIpc) is 2.37. The van der Waals surface area contributed by atoms with Gasteiger partial charge in [0.25, 0.3) is 0 Å². The molecule has 0 saturated heterocycles. The second-order valence-electron chi connectivity index (χ2n) is 6.22. The van der Waals surface area contributed by atoms with Crippen LogP contribution in [0.15, 0.2) is 12.2 Å². The lowest BCUT2D eigenvalue weighted by atomic mass is 9.63. The molecule has 2 saturated carbocycles. The van der Waals surface area contributed by atoms with Gasteiger partial charge in [0.1, 0.15) is 11.2 Å². The van der Waals surface area contributed by atoms with Crippen LogP contribution in [0.1, 0.15) is 51.9 Å². The van der Waals surface area contributed by atoms with E-state index in [1.165, 1.54) is 6.42 Å². The average molecular weight is 290 g/mol. The van der Waals surface area contributed by atoms with Gasteiger partial charge in [-0.3, -0.25) is 0 Å². The second kappa shape index (κ2) is 5.41. The summed E-state index contributed by atoms with van der Waals surface area (Å²) < 4.78 is 42.8. The third-order valence-electron chi connectivity index (χ3n) is 4.86. The Morgan fingerprint density at radius 3 is 2.45 bits per heavy atom. The number of carbonyl (C=O) groups excluding carboxylic acids is 1. The first kappa shape index (κ1) is 15.4. The van der Waals surface area contributed by atoms with E-state index < -0.39 is 23.3 Å². The first-order chi connectivity index (χ1) is 9.24. The Morgan fingerprint density at radius 2 is 1.80 bits per heavy atom. The van der Waals surface area contributed by atoms with Crippen LogP contribution in [-0.2, 0) is 9.53 Å². The molecule has 0 amide bonds. The molecule has 0 aromatic heterocycles. The number of halogens is 3. The van der Waals surface area contributed by atoms with Gasteiger partial charge in [0.05, 0.1) is 0 Å². The highest BCUT2D eigenvalue weighted by Crippen LogP contribution is 2.48. The van der Waals surface area contributed by atoms with Crippen molar-refractivity contribution in [1.29, 1.82) is 0 Å². The van der Waals surface area contributed by atoms with Crippen LogP contribution in [0.4, 0.5) is 13.2 Å². The minimum Gasteiger partial charge on any atom is -0.455 e. The van der Waals surface area contributed by atoms with Crippen molar-refractivity contribution in [2.75, 3.05) is 0 Å². The van der Waals surface area contributed by atoms with Crippen LogP contribution in [0.25, 0.3) is 0 Å². The molecule has 0 aliphatic heterocycles. The van der Waals surface area contributed by atoms with Crippen molar-refractivity contribution in [1.82, 2.24) is 0 Å². The standard InChI is InChI=1S/C15H21F3O2/c1-10(15(16,17)18)13(19)20-14(2)9-5-7-11-6-3-4-8-12(11)14/h11-12H,1,3-9H2,2H3. The maximum absolute atomic E-state index is 12.5. The molecule has 0 N–H and O–H groups in total. The quantitative estimate of drug-likeness (QED) is 0.556. The van der Waals surface area contributed by atoms with E-state index in [9.17, 15) is 18.0 Å². The second-order valence-corrected chi connectivity index (χ2v) is 6.22. The van der Waals surface area contributed by atoms with E-state index in [0.717, 1.165) is 32.1 Å². The van der Waals surface area contributed by atoms with Crippen molar-refractivity contribution in [3.05, 3.63) is 12.2 Å². The number of esters is 1.